The molecule has 1 amide bonds. The fourth-order valence-electron chi connectivity index (χ4n) is 4.03. The number of carbonyl (C=O) groups is 2. The van der Waals surface area contributed by atoms with E-state index >= 15 is 0 Å². The van der Waals surface area contributed by atoms with Crippen LogP contribution in [0.4, 0.5) is 0 Å². The van der Waals surface area contributed by atoms with Gasteiger partial charge in [-0.15, -0.1) is 0 Å². The van der Waals surface area contributed by atoms with E-state index in [-0.39, 0.29) is 18.4 Å². The monoisotopic (exact) mass is 391 g/mol. The van der Waals surface area contributed by atoms with Crippen molar-refractivity contribution >= 4 is 22.8 Å². The Morgan fingerprint density at radius 1 is 1.14 bits per heavy atom. The van der Waals surface area contributed by atoms with E-state index in [4.69, 9.17) is 4.74 Å². The standard InChI is InChI=1S/C23H25N3O3/c1-29-23(28)21-12-16-6-2-3-7-18(16)14-26(21)15-22(27)24-11-10-17-13-25-20-9-5-4-8-19(17)20/h2-9,13,21,25H,10-12,14-15H2,1H3,(H,24,27)/t21-/m0/s1. The average molecular weight is 391 g/mol. The molecule has 0 spiro atoms. The van der Waals surface area contributed by atoms with E-state index in [1.165, 1.54) is 18.1 Å². The summed E-state index contributed by atoms with van der Waals surface area (Å²) < 4.78 is 4.97. The van der Waals surface area contributed by atoms with Gasteiger partial charge in [0.2, 0.25) is 5.91 Å². The molecule has 1 aromatic heterocycles. The van der Waals surface area contributed by atoms with Gasteiger partial charge in [-0.25, -0.2) is 0 Å². The van der Waals surface area contributed by atoms with Crippen molar-refractivity contribution in [2.75, 3.05) is 20.2 Å². The molecular formula is C23H25N3O3. The second kappa shape index (κ2) is 8.49. The number of aromatic amines is 1. The third-order valence-corrected chi connectivity index (χ3v) is 5.56. The lowest BCUT2D eigenvalue weighted by Gasteiger charge is -2.34. The van der Waals surface area contributed by atoms with Crippen LogP contribution in [0.1, 0.15) is 16.7 Å². The molecule has 1 aliphatic heterocycles. The molecule has 0 aliphatic carbocycles. The largest absolute Gasteiger partial charge is 0.468 e. The van der Waals surface area contributed by atoms with Crippen LogP contribution in [0, 0.1) is 0 Å². The average Bonchev–Trinajstić information content (AvgIpc) is 3.16. The van der Waals surface area contributed by atoms with Crippen LogP contribution in [0.3, 0.4) is 0 Å². The quantitative estimate of drug-likeness (QED) is 0.633. The van der Waals surface area contributed by atoms with Crippen LogP contribution >= 0.6 is 0 Å². The number of hydrogen-bond acceptors (Lipinski definition) is 4. The van der Waals surface area contributed by atoms with E-state index in [9.17, 15) is 9.59 Å². The Morgan fingerprint density at radius 2 is 1.90 bits per heavy atom. The Hall–Kier alpha value is -3.12. The third kappa shape index (κ3) is 4.17. The zero-order valence-electron chi connectivity index (χ0n) is 16.5. The molecule has 0 saturated heterocycles. The summed E-state index contributed by atoms with van der Waals surface area (Å²) in [7, 11) is 1.39. The zero-order chi connectivity index (χ0) is 20.2. The highest BCUT2D eigenvalue weighted by Crippen LogP contribution is 2.23. The molecule has 0 radical (unpaired) electrons. The van der Waals surface area contributed by atoms with Crippen LogP contribution in [0.2, 0.25) is 0 Å². The van der Waals surface area contributed by atoms with Crippen molar-refractivity contribution in [2.45, 2.75) is 25.4 Å². The highest BCUT2D eigenvalue weighted by Gasteiger charge is 2.33. The molecule has 0 fully saturated rings. The van der Waals surface area contributed by atoms with Gasteiger partial charge in [0, 0.05) is 30.2 Å². The van der Waals surface area contributed by atoms with Crippen molar-refractivity contribution in [1.82, 2.24) is 15.2 Å². The molecular weight excluding hydrogens is 366 g/mol. The van der Waals surface area contributed by atoms with Crippen LogP contribution in [-0.2, 0) is 33.7 Å². The minimum atomic E-state index is -0.436. The van der Waals surface area contributed by atoms with Crippen molar-refractivity contribution in [1.29, 1.82) is 0 Å². The van der Waals surface area contributed by atoms with Gasteiger partial charge in [-0.1, -0.05) is 42.5 Å². The Kier molecular flexibility index (Phi) is 5.62. The normalized spacial score (nSPS) is 16.4. The third-order valence-electron chi connectivity index (χ3n) is 5.56. The smallest absolute Gasteiger partial charge is 0.323 e. The molecule has 2 aromatic carbocycles. The fourth-order valence-corrected chi connectivity index (χ4v) is 4.03. The molecule has 2 heterocycles. The SMILES string of the molecule is COC(=O)[C@@H]1Cc2ccccc2CN1CC(=O)NCCc1c[nH]c2ccccc12. The summed E-state index contributed by atoms with van der Waals surface area (Å²) >= 11 is 0. The number of benzene rings is 2. The molecule has 150 valence electrons. The summed E-state index contributed by atoms with van der Waals surface area (Å²) in [5, 5.41) is 4.17. The lowest BCUT2D eigenvalue weighted by atomic mass is 9.94. The van der Waals surface area contributed by atoms with Gasteiger partial charge in [-0.2, -0.15) is 0 Å². The number of amides is 1. The predicted octanol–water partition coefficient (Wildman–Crippen LogP) is 2.43. The lowest BCUT2D eigenvalue weighted by Crippen LogP contribution is -2.50. The maximum atomic E-state index is 12.6. The van der Waals surface area contributed by atoms with Crippen LogP contribution in [0.15, 0.2) is 54.7 Å². The number of ether oxygens (including phenoxy) is 1. The van der Waals surface area contributed by atoms with Crippen molar-refractivity contribution < 1.29 is 14.3 Å². The van der Waals surface area contributed by atoms with E-state index < -0.39 is 6.04 Å². The first-order valence-electron chi connectivity index (χ1n) is 9.86. The number of H-pyrrole nitrogens is 1. The van der Waals surface area contributed by atoms with Gasteiger partial charge in [-0.3, -0.25) is 14.5 Å². The number of rotatable bonds is 6. The van der Waals surface area contributed by atoms with Gasteiger partial charge in [0.05, 0.1) is 13.7 Å². The lowest BCUT2D eigenvalue weighted by molar-refractivity contribution is -0.148. The number of methoxy groups -OCH3 is 1. The number of para-hydroxylation sites is 1. The molecule has 6 nitrogen and oxygen atoms in total. The molecule has 0 bridgehead atoms. The molecule has 4 rings (SSSR count). The van der Waals surface area contributed by atoms with Crippen molar-refractivity contribution in [3.05, 3.63) is 71.4 Å². The summed E-state index contributed by atoms with van der Waals surface area (Å²) in [5.41, 5.74) is 4.57. The van der Waals surface area contributed by atoms with Crippen LogP contribution in [0.5, 0.6) is 0 Å². The van der Waals surface area contributed by atoms with Gasteiger partial charge in [-0.05, 0) is 35.6 Å². The second-order valence-corrected chi connectivity index (χ2v) is 7.38. The molecule has 0 saturated carbocycles. The van der Waals surface area contributed by atoms with E-state index in [1.807, 2.05) is 53.6 Å². The first-order chi connectivity index (χ1) is 14.2. The van der Waals surface area contributed by atoms with Crippen molar-refractivity contribution in [3.8, 4) is 0 Å². The number of nitrogens with zero attached hydrogens (tertiary/aromatic N) is 1. The van der Waals surface area contributed by atoms with Crippen LogP contribution in [-0.4, -0.2) is 48.0 Å². The van der Waals surface area contributed by atoms with Crippen LogP contribution < -0.4 is 5.32 Å². The minimum absolute atomic E-state index is 0.0851. The van der Waals surface area contributed by atoms with E-state index in [0.717, 1.165) is 23.1 Å². The number of aromatic nitrogens is 1. The zero-order valence-corrected chi connectivity index (χ0v) is 16.5. The second-order valence-electron chi connectivity index (χ2n) is 7.38. The first-order valence-corrected chi connectivity index (χ1v) is 9.86. The van der Waals surface area contributed by atoms with E-state index in [2.05, 4.69) is 16.4 Å². The Labute approximate surface area is 169 Å². The molecule has 0 unspecified atom stereocenters. The van der Waals surface area contributed by atoms with E-state index in [1.54, 1.807) is 0 Å². The van der Waals surface area contributed by atoms with Crippen LogP contribution in [0.25, 0.3) is 10.9 Å². The highest BCUT2D eigenvalue weighted by molar-refractivity contribution is 5.83. The van der Waals surface area contributed by atoms with Gasteiger partial charge in [0.25, 0.3) is 0 Å². The van der Waals surface area contributed by atoms with Crippen molar-refractivity contribution in [3.63, 3.8) is 0 Å². The maximum Gasteiger partial charge on any atom is 0.323 e. The van der Waals surface area contributed by atoms with E-state index in [0.29, 0.717) is 19.5 Å². The van der Waals surface area contributed by atoms with Gasteiger partial charge in [0.1, 0.15) is 6.04 Å². The number of hydrogen-bond donors (Lipinski definition) is 2. The summed E-state index contributed by atoms with van der Waals surface area (Å²) in [6, 6.07) is 15.7. The molecule has 2 N–H and O–H groups in total. The predicted molar refractivity (Wildman–Crippen MR) is 111 cm³/mol. The summed E-state index contributed by atoms with van der Waals surface area (Å²) in [5.74, 6) is -0.385. The Balaban J connectivity index is 1.37. The summed E-state index contributed by atoms with van der Waals surface area (Å²) in [6.07, 6.45) is 3.30. The first kappa shape index (κ1) is 19.2. The highest BCUT2D eigenvalue weighted by atomic mass is 16.5. The topological polar surface area (TPSA) is 74.4 Å². The van der Waals surface area contributed by atoms with Gasteiger partial charge >= 0.3 is 5.97 Å². The molecule has 6 heteroatoms. The van der Waals surface area contributed by atoms with Gasteiger partial charge in [0.15, 0.2) is 0 Å². The number of nitrogens with one attached hydrogen (secondary N) is 2. The summed E-state index contributed by atoms with van der Waals surface area (Å²) in [4.78, 5) is 30.0. The fraction of sp³-hybridized carbons (Fsp3) is 0.304. The number of esters is 1. The molecule has 3 aromatic rings. The van der Waals surface area contributed by atoms with Gasteiger partial charge < -0.3 is 15.0 Å². The number of fused-ring (bicyclic) bond motifs is 2. The Morgan fingerprint density at radius 3 is 2.72 bits per heavy atom. The molecule has 1 aliphatic rings. The number of carbonyl (C=O) groups excluding carboxylic acids is 2. The minimum Gasteiger partial charge on any atom is -0.468 e. The maximum absolute atomic E-state index is 12.6. The molecule has 1 atom stereocenters. The molecule has 29 heavy (non-hydrogen) atoms. The summed E-state index contributed by atoms with van der Waals surface area (Å²) in [6.45, 7) is 1.28. The van der Waals surface area contributed by atoms with Crippen molar-refractivity contribution in [2.24, 2.45) is 0 Å². The Bertz CT molecular complexity index is 1030.